The maximum Gasteiger partial charge on any atom is 0.179 e. The van der Waals surface area contributed by atoms with Gasteiger partial charge in [-0.25, -0.2) is 8.42 Å². The fourth-order valence-electron chi connectivity index (χ4n) is 3.42. The van der Waals surface area contributed by atoms with Crippen molar-refractivity contribution in [2.75, 3.05) is 25.4 Å². The maximum absolute atomic E-state index is 12.4. The number of phenolic OH excluding ortho intramolecular Hbond substituents is 1. The van der Waals surface area contributed by atoms with Crippen LogP contribution in [0.15, 0.2) is 59.5 Å². The zero-order chi connectivity index (χ0) is 18.6. The third-order valence-corrected chi connectivity index (χ3v) is 6.73. The van der Waals surface area contributed by atoms with Crippen molar-refractivity contribution < 1.29 is 18.6 Å². The molecule has 1 heterocycles. The number of likely N-dealkylation sites (tertiary alicyclic amines) is 1. The predicted octanol–water partition coefficient (Wildman–Crippen LogP) is 2.09. The molecule has 26 heavy (non-hydrogen) atoms. The molecule has 0 aromatic heterocycles. The molecule has 1 fully saturated rings. The molecule has 5 nitrogen and oxygen atoms in total. The number of nitrogens with zero attached hydrogens (tertiary/aromatic N) is 1. The van der Waals surface area contributed by atoms with Crippen LogP contribution in [0, 0.1) is 5.92 Å². The Morgan fingerprint density at radius 3 is 2.38 bits per heavy atom. The van der Waals surface area contributed by atoms with E-state index in [1.807, 2.05) is 23.1 Å². The number of aliphatic hydroxyl groups excluding tert-OH is 1. The lowest BCUT2D eigenvalue weighted by Gasteiger charge is -2.36. The largest absolute Gasteiger partial charge is 0.508 e. The van der Waals surface area contributed by atoms with Crippen LogP contribution >= 0.6 is 0 Å². The lowest BCUT2D eigenvalue weighted by Crippen LogP contribution is -2.46. The second kappa shape index (κ2) is 8.20. The van der Waals surface area contributed by atoms with Crippen molar-refractivity contribution in [1.82, 2.24) is 4.90 Å². The first-order valence-electron chi connectivity index (χ1n) is 8.90. The number of sulfone groups is 1. The molecule has 0 bridgehead atoms. The Labute approximate surface area is 154 Å². The zero-order valence-electron chi connectivity index (χ0n) is 14.7. The van der Waals surface area contributed by atoms with Crippen LogP contribution in [-0.4, -0.2) is 55.0 Å². The highest BCUT2D eigenvalue weighted by atomic mass is 32.2. The number of aromatic hydroxyl groups is 1. The van der Waals surface area contributed by atoms with Crippen LogP contribution < -0.4 is 0 Å². The molecular weight excluding hydrogens is 350 g/mol. The van der Waals surface area contributed by atoms with Gasteiger partial charge in [-0.05, 0) is 55.1 Å². The van der Waals surface area contributed by atoms with Gasteiger partial charge in [0.05, 0.1) is 16.8 Å². The Balaban J connectivity index is 1.52. The summed E-state index contributed by atoms with van der Waals surface area (Å²) in [4.78, 5) is 2.24. The summed E-state index contributed by atoms with van der Waals surface area (Å²) < 4.78 is 24.8. The van der Waals surface area contributed by atoms with Crippen molar-refractivity contribution in [3.05, 3.63) is 60.2 Å². The van der Waals surface area contributed by atoms with E-state index in [4.69, 9.17) is 0 Å². The summed E-state index contributed by atoms with van der Waals surface area (Å²) in [7, 11) is -3.39. The minimum Gasteiger partial charge on any atom is -0.508 e. The minimum atomic E-state index is -3.39. The molecule has 0 radical (unpaired) electrons. The summed E-state index contributed by atoms with van der Waals surface area (Å²) in [6.45, 7) is 1.70. The van der Waals surface area contributed by atoms with E-state index in [1.54, 1.807) is 0 Å². The van der Waals surface area contributed by atoms with Crippen molar-refractivity contribution in [3.8, 4) is 5.75 Å². The van der Waals surface area contributed by atoms with Crippen LogP contribution in [0.4, 0.5) is 0 Å². The van der Waals surface area contributed by atoms with Gasteiger partial charge in [-0.3, -0.25) is 4.90 Å². The standard InChI is InChI=1S/C20H25NO4S/c22-18-6-8-19(9-7-18)26(24,25)13-12-21-11-10-17(20(23)15-21)14-16-4-2-1-3-5-16/h1-9,17,20,22-23H,10-15H2/t17-,20?/m1/s1. The first-order chi connectivity index (χ1) is 12.4. The Bertz CT molecular complexity index is 805. The van der Waals surface area contributed by atoms with Gasteiger partial charge in [0, 0.05) is 13.1 Å². The van der Waals surface area contributed by atoms with Crippen LogP contribution in [0.1, 0.15) is 12.0 Å². The van der Waals surface area contributed by atoms with Gasteiger partial charge in [0.2, 0.25) is 0 Å². The molecule has 2 aromatic carbocycles. The van der Waals surface area contributed by atoms with Crippen LogP contribution in [-0.2, 0) is 16.3 Å². The topological polar surface area (TPSA) is 77.8 Å². The predicted molar refractivity (Wildman–Crippen MR) is 101 cm³/mol. The Kier molecular flexibility index (Phi) is 5.96. The molecule has 1 aliphatic rings. The number of piperidine rings is 1. The van der Waals surface area contributed by atoms with Gasteiger partial charge in [-0.15, -0.1) is 0 Å². The highest BCUT2D eigenvalue weighted by Gasteiger charge is 2.28. The van der Waals surface area contributed by atoms with E-state index in [-0.39, 0.29) is 22.3 Å². The molecule has 1 saturated heterocycles. The summed E-state index contributed by atoms with van der Waals surface area (Å²) in [5.41, 5.74) is 1.22. The summed E-state index contributed by atoms with van der Waals surface area (Å²) in [6.07, 6.45) is 1.26. The molecular formula is C20H25NO4S. The molecule has 1 aliphatic heterocycles. The highest BCUT2D eigenvalue weighted by molar-refractivity contribution is 7.91. The lowest BCUT2D eigenvalue weighted by molar-refractivity contribution is 0.0245. The Morgan fingerprint density at radius 1 is 1.04 bits per heavy atom. The Morgan fingerprint density at radius 2 is 1.73 bits per heavy atom. The number of aliphatic hydroxyl groups is 1. The van der Waals surface area contributed by atoms with Crippen molar-refractivity contribution in [3.63, 3.8) is 0 Å². The van der Waals surface area contributed by atoms with Gasteiger partial charge in [0.15, 0.2) is 9.84 Å². The fourth-order valence-corrected chi connectivity index (χ4v) is 4.71. The molecule has 0 spiro atoms. The van der Waals surface area contributed by atoms with Gasteiger partial charge < -0.3 is 10.2 Å². The first-order valence-corrected chi connectivity index (χ1v) is 10.6. The van der Waals surface area contributed by atoms with E-state index >= 15 is 0 Å². The molecule has 2 aromatic rings. The van der Waals surface area contributed by atoms with Crippen LogP contribution in [0.5, 0.6) is 5.75 Å². The van der Waals surface area contributed by atoms with Crippen LogP contribution in [0.3, 0.4) is 0 Å². The monoisotopic (exact) mass is 375 g/mol. The van der Waals surface area contributed by atoms with Gasteiger partial charge in [0.1, 0.15) is 5.75 Å². The molecule has 0 aliphatic carbocycles. The second-order valence-corrected chi connectivity index (χ2v) is 9.03. The van der Waals surface area contributed by atoms with Gasteiger partial charge >= 0.3 is 0 Å². The van der Waals surface area contributed by atoms with E-state index in [0.717, 1.165) is 19.4 Å². The Hall–Kier alpha value is -1.89. The molecule has 3 rings (SSSR count). The molecule has 2 N–H and O–H groups in total. The normalized spacial score (nSPS) is 21.6. The molecule has 2 atom stereocenters. The van der Waals surface area contributed by atoms with Crippen molar-refractivity contribution in [2.24, 2.45) is 5.92 Å². The van der Waals surface area contributed by atoms with Gasteiger partial charge in [-0.2, -0.15) is 0 Å². The van der Waals surface area contributed by atoms with Crippen LogP contribution in [0.2, 0.25) is 0 Å². The third-order valence-electron chi connectivity index (χ3n) is 5.02. The highest BCUT2D eigenvalue weighted by Crippen LogP contribution is 2.23. The van der Waals surface area contributed by atoms with E-state index < -0.39 is 15.9 Å². The smallest absolute Gasteiger partial charge is 0.179 e. The average molecular weight is 375 g/mol. The number of hydrogen-bond acceptors (Lipinski definition) is 5. The third kappa shape index (κ3) is 4.84. The number of phenols is 1. The average Bonchev–Trinajstić information content (AvgIpc) is 2.63. The number of hydrogen-bond donors (Lipinski definition) is 2. The molecule has 1 unspecified atom stereocenters. The second-order valence-electron chi connectivity index (χ2n) is 6.92. The minimum absolute atomic E-state index is 0.00778. The summed E-state index contributed by atoms with van der Waals surface area (Å²) >= 11 is 0. The number of rotatable bonds is 6. The fraction of sp³-hybridized carbons (Fsp3) is 0.400. The van der Waals surface area contributed by atoms with Gasteiger partial charge in [0.25, 0.3) is 0 Å². The summed E-state index contributed by atoms with van der Waals surface area (Å²) in [5.74, 6) is 0.267. The van der Waals surface area contributed by atoms with E-state index in [2.05, 4.69) is 12.1 Å². The van der Waals surface area contributed by atoms with Crippen LogP contribution in [0.25, 0.3) is 0 Å². The van der Waals surface area contributed by atoms with E-state index in [1.165, 1.54) is 29.8 Å². The van der Waals surface area contributed by atoms with Gasteiger partial charge in [-0.1, -0.05) is 30.3 Å². The lowest BCUT2D eigenvalue weighted by atomic mass is 9.88. The van der Waals surface area contributed by atoms with Crippen molar-refractivity contribution >= 4 is 9.84 Å². The van der Waals surface area contributed by atoms with Crippen molar-refractivity contribution in [1.29, 1.82) is 0 Å². The molecule has 0 amide bonds. The SMILES string of the molecule is O=S(=O)(CCN1CC[C@H](Cc2ccccc2)C(O)C1)c1ccc(O)cc1. The number of benzene rings is 2. The zero-order valence-corrected chi connectivity index (χ0v) is 15.5. The first kappa shape index (κ1) is 18.9. The summed E-state index contributed by atoms with van der Waals surface area (Å²) in [5, 5.41) is 19.7. The number of β-amino-alcohol motifs (C(OH)–C–C–N with tert-alkyl or cyclic N) is 1. The van der Waals surface area contributed by atoms with Crippen molar-refractivity contribution in [2.45, 2.75) is 23.8 Å². The molecule has 0 saturated carbocycles. The summed E-state index contributed by atoms with van der Waals surface area (Å²) in [6, 6.07) is 15.7. The van der Waals surface area contributed by atoms with E-state index in [0.29, 0.717) is 13.1 Å². The molecule has 140 valence electrons. The molecule has 6 heteroatoms. The maximum atomic E-state index is 12.4. The quantitative estimate of drug-likeness (QED) is 0.808. The van der Waals surface area contributed by atoms with E-state index in [9.17, 15) is 18.6 Å².